The maximum Gasteiger partial charge on any atom is 0.305 e. The van der Waals surface area contributed by atoms with E-state index in [1.165, 1.54) is 0 Å². The summed E-state index contributed by atoms with van der Waals surface area (Å²) in [6, 6.07) is 9.24. The molecule has 1 N–H and O–H groups in total. The minimum absolute atomic E-state index is 0.00540. The van der Waals surface area contributed by atoms with Gasteiger partial charge < -0.3 is 9.63 Å². The molecule has 1 aromatic carbocycles. The molecule has 2 aromatic heterocycles. The Hall–Kier alpha value is -2.96. The first-order valence-electron chi connectivity index (χ1n) is 6.72. The van der Waals surface area contributed by atoms with Crippen molar-refractivity contribution in [3.8, 4) is 11.3 Å². The van der Waals surface area contributed by atoms with E-state index in [0.717, 1.165) is 10.2 Å². The first kappa shape index (κ1) is 14.0. The molecule has 0 aliphatic rings. The largest absolute Gasteiger partial charge is 0.481 e. The van der Waals surface area contributed by atoms with Gasteiger partial charge in [0.15, 0.2) is 0 Å². The molecule has 0 atom stereocenters. The van der Waals surface area contributed by atoms with Crippen molar-refractivity contribution in [2.24, 2.45) is 0 Å². The van der Waals surface area contributed by atoms with Crippen LogP contribution in [0.5, 0.6) is 0 Å². The van der Waals surface area contributed by atoms with E-state index in [9.17, 15) is 9.59 Å². The molecule has 0 radical (unpaired) electrons. The minimum atomic E-state index is -0.989. The Labute approximate surface area is 124 Å². The number of carboxylic acids is 1. The average Bonchev–Trinajstić information content (AvgIpc) is 2.90. The van der Waals surface area contributed by atoms with Crippen LogP contribution in [-0.2, 0) is 11.3 Å². The van der Waals surface area contributed by atoms with E-state index in [2.05, 4.69) is 10.3 Å². The van der Waals surface area contributed by atoms with Crippen molar-refractivity contribution in [1.29, 1.82) is 0 Å². The normalized spacial score (nSPS) is 11.0. The molecule has 22 heavy (non-hydrogen) atoms. The predicted octanol–water partition coefficient (Wildman–Crippen LogP) is 1.83. The van der Waals surface area contributed by atoms with Crippen LogP contribution in [0.4, 0.5) is 0 Å². The van der Waals surface area contributed by atoms with Crippen molar-refractivity contribution in [2.75, 3.05) is 0 Å². The fraction of sp³-hybridized carbons (Fsp3) is 0.200. The number of carboxylic acid groups (broad SMARTS) is 1. The summed E-state index contributed by atoms with van der Waals surface area (Å²) in [5.41, 5.74) is 1.63. The lowest BCUT2D eigenvalue weighted by Gasteiger charge is -2.07. The van der Waals surface area contributed by atoms with Crippen molar-refractivity contribution in [3.05, 3.63) is 46.4 Å². The number of aromatic nitrogens is 3. The van der Waals surface area contributed by atoms with E-state index in [4.69, 9.17) is 9.63 Å². The summed E-state index contributed by atoms with van der Waals surface area (Å²) in [6.07, 6.45) is -0.184. The molecule has 7 nitrogen and oxygen atoms in total. The minimum Gasteiger partial charge on any atom is -0.481 e. The summed E-state index contributed by atoms with van der Waals surface area (Å²) in [4.78, 5) is 23.2. The van der Waals surface area contributed by atoms with Crippen molar-refractivity contribution in [1.82, 2.24) is 14.9 Å². The van der Waals surface area contributed by atoms with E-state index >= 15 is 0 Å². The zero-order valence-electron chi connectivity index (χ0n) is 11.8. The maximum atomic E-state index is 12.4. The summed E-state index contributed by atoms with van der Waals surface area (Å²) in [5, 5.41) is 17.2. The Morgan fingerprint density at radius 2 is 2.05 bits per heavy atom. The second-order valence-electron chi connectivity index (χ2n) is 4.86. The summed E-state index contributed by atoms with van der Waals surface area (Å²) in [6.45, 7) is 1.66. The number of rotatable bonds is 4. The van der Waals surface area contributed by atoms with Crippen LogP contribution in [0.25, 0.3) is 22.2 Å². The van der Waals surface area contributed by atoms with Gasteiger partial charge in [0.2, 0.25) is 5.58 Å². The Balaban J connectivity index is 2.25. The van der Waals surface area contributed by atoms with Gasteiger partial charge in [0.25, 0.3) is 5.56 Å². The van der Waals surface area contributed by atoms with E-state index in [1.807, 2.05) is 30.3 Å². The molecule has 2 heterocycles. The molecule has 7 heteroatoms. The van der Waals surface area contributed by atoms with Gasteiger partial charge in [-0.05, 0) is 6.92 Å². The maximum absolute atomic E-state index is 12.4. The molecule has 0 saturated heterocycles. The number of fused-ring (bicyclic) bond motifs is 1. The quantitative estimate of drug-likeness (QED) is 0.789. The van der Waals surface area contributed by atoms with Crippen molar-refractivity contribution in [3.63, 3.8) is 0 Å². The van der Waals surface area contributed by atoms with Crippen molar-refractivity contribution < 1.29 is 14.4 Å². The van der Waals surface area contributed by atoms with Crippen LogP contribution in [0.15, 0.2) is 39.6 Å². The number of hydrogen-bond acceptors (Lipinski definition) is 5. The van der Waals surface area contributed by atoms with Crippen LogP contribution < -0.4 is 5.56 Å². The molecule has 0 aliphatic heterocycles. The average molecular weight is 299 g/mol. The van der Waals surface area contributed by atoms with Crippen LogP contribution in [0, 0.1) is 6.92 Å². The van der Waals surface area contributed by atoms with Crippen molar-refractivity contribution >= 4 is 16.9 Å². The van der Waals surface area contributed by atoms with E-state index < -0.39 is 11.5 Å². The fourth-order valence-corrected chi connectivity index (χ4v) is 2.26. The Morgan fingerprint density at radius 3 is 2.73 bits per heavy atom. The van der Waals surface area contributed by atoms with Gasteiger partial charge in [0.05, 0.1) is 18.7 Å². The van der Waals surface area contributed by atoms with Gasteiger partial charge in [-0.1, -0.05) is 35.5 Å². The predicted molar refractivity (Wildman–Crippen MR) is 78.5 cm³/mol. The monoisotopic (exact) mass is 299 g/mol. The highest BCUT2D eigenvalue weighted by molar-refractivity contribution is 5.90. The number of aliphatic carboxylic acids is 1. The lowest BCUT2D eigenvalue weighted by atomic mass is 10.1. The standard InChI is InChI=1S/C15H13N3O4/c1-9-12-14(22-17-9)13(10-5-3-2-4-6-10)16-18(15(12)21)8-7-11(19)20/h2-6H,7-8H2,1H3,(H,19,20). The highest BCUT2D eigenvalue weighted by Gasteiger charge is 2.19. The van der Waals surface area contributed by atoms with E-state index in [0.29, 0.717) is 22.4 Å². The first-order valence-corrected chi connectivity index (χ1v) is 6.72. The molecule has 0 aliphatic carbocycles. The molecule has 0 saturated carbocycles. The zero-order valence-corrected chi connectivity index (χ0v) is 11.8. The highest BCUT2D eigenvalue weighted by atomic mass is 16.5. The lowest BCUT2D eigenvalue weighted by molar-refractivity contribution is -0.137. The molecular weight excluding hydrogens is 286 g/mol. The summed E-state index contributed by atoms with van der Waals surface area (Å²) >= 11 is 0. The first-order chi connectivity index (χ1) is 10.6. The Bertz CT molecular complexity index is 896. The number of nitrogens with zero attached hydrogens (tertiary/aromatic N) is 3. The number of hydrogen-bond donors (Lipinski definition) is 1. The second-order valence-corrected chi connectivity index (χ2v) is 4.86. The molecule has 0 unspecified atom stereocenters. The Morgan fingerprint density at radius 1 is 1.32 bits per heavy atom. The molecule has 0 spiro atoms. The van der Waals surface area contributed by atoms with Crippen LogP contribution in [0.3, 0.4) is 0 Å². The number of benzene rings is 1. The Kier molecular flexibility index (Phi) is 3.46. The van der Waals surface area contributed by atoms with Crippen LogP contribution in [0.1, 0.15) is 12.1 Å². The molecule has 0 fully saturated rings. The zero-order chi connectivity index (χ0) is 15.7. The number of aryl methyl sites for hydroxylation is 2. The van der Waals surface area contributed by atoms with Gasteiger partial charge in [-0.25, -0.2) is 4.68 Å². The summed E-state index contributed by atoms with van der Waals surface area (Å²) in [7, 11) is 0. The van der Waals surface area contributed by atoms with Gasteiger partial charge >= 0.3 is 5.97 Å². The lowest BCUT2D eigenvalue weighted by Crippen LogP contribution is -2.25. The van der Waals surface area contributed by atoms with E-state index in [1.54, 1.807) is 6.92 Å². The molecule has 3 rings (SSSR count). The third-order valence-electron chi connectivity index (χ3n) is 3.33. The SMILES string of the molecule is Cc1noc2c(-c3ccccc3)nn(CCC(=O)O)c(=O)c12. The third kappa shape index (κ3) is 2.37. The van der Waals surface area contributed by atoms with Crippen LogP contribution in [-0.4, -0.2) is 26.0 Å². The van der Waals surface area contributed by atoms with Crippen molar-refractivity contribution in [2.45, 2.75) is 19.9 Å². The summed E-state index contributed by atoms with van der Waals surface area (Å²) < 4.78 is 6.41. The molecule has 112 valence electrons. The van der Waals surface area contributed by atoms with Gasteiger partial charge in [0.1, 0.15) is 11.1 Å². The smallest absolute Gasteiger partial charge is 0.305 e. The van der Waals surface area contributed by atoms with Gasteiger partial charge in [0, 0.05) is 5.56 Å². The highest BCUT2D eigenvalue weighted by Crippen LogP contribution is 2.25. The molecule has 3 aromatic rings. The molecule has 0 bridgehead atoms. The molecular formula is C15H13N3O4. The topological polar surface area (TPSA) is 98.2 Å². The van der Waals surface area contributed by atoms with E-state index in [-0.39, 0.29) is 13.0 Å². The molecule has 0 amide bonds. The van der Waals surface area contributed by atoms with Crippen LogP contribution in [0.2, 0.25) is 0 Å². The fourth-order valence-electron chi connectivity index (χ4n) is 2.26. The van der Waals surface area contributed by atoms with Gasteiger partial charge in [-0.2, -0.15) is 5.10 Å². The third-order valence-corrected chi connectivity index (χ3v) is 3.33. The number of carbonyl (C=O) groups is 1. The van der Waals surface area contributed by atoms with Gasteiger partial charge in [-0.3, -0.25) is 9.59 Å². The summed E-state index contributed by atoms with van der Waals surface area (Å²) in [5.74, 6) is -0.989. The van der Waals surface area contributed by atoms with Crippen LogP contribution >= 0.6 is 0 Å². The second kappa shape index (κ2) is 5.44. The van der Waals surface area contributed by atoms with Gasteiger partial charge in [-0.15, -0.1) is 0 Å².